The Hall–Kier alpha value is -3.08. The van der Waals surface area contributed by atoms with Crippen molar-refractivity contribution in [1.29, 1.82) is 0 Å². The van der Waals surface area contributed by atoms with Gasteiger partial charge in [-0.05, 0) is 77.6 Å². The smallest absolute Gasteiger partial charge is 0.307 e. The lowest BCUT2D eigenvalue weighted by molar-refractivity contribution is -0.135. The van der Waals surface area contributed by atoms with Crippen LogP contribution in [0.15, 0.2) is 35.9 Å². The van der Waals surface area contributed by atoms with Gasteiger partial charge in [0.2, 0.25) is 0 Å². The number of ether oxygens (including phenoxy) is 2. The van der Waals surface area contributed by atoms with Crippen LogP contribution < -0.4 is 9.47 Å². The fourth-order valence-electron chi connectivity index (χ4n) is 3.49. The van der Waals surface area contributed by atoms with Crippen LogP contribution in [0, 0.1) is 12.7 Å². The summed E-state index contributed by atoms with van der Waals surface area (Å²) in [5, 5.41) is 9.25. The van der Waals surface area contributed by atoms with Crippen LogP contribution in [0.25, 0.3) is 17.2 Å². The Labute approximate surface area is 157 Å². The van der Waals surface area contributed by atoms with Crippen molar-refractivity contribution in [3.63, 3.8) is 0 Å². The predicted molar refractivity (Wildman–Crippen MR) is 103 cm³/mol. The van der Waals surface area contributed by atoms with Crippen LogP contribution in [0.5, 0.6) is 11.5 Å². The van der Waals surface area contributed by atoms with E-state index in [1.165, 1.54) is 12.1 Å². The number of carboxylic acid groups (broad SMARTS) is 1. The van der Waals surface area contributed by atoms with E-state index in [0.29, 0.717) is 22.6 Å². The van der Waals surface area contributed by atoms with Crippen LogP contribution in [-0.4, -0.2) is 25.3 Å². The van der Waals surface area contributed by atoms with Crippen molar-refractivity contribution in [2.75, 3.05) is 14.2 Å². The molecule has 4 nitrogen and oxygen atoms in total. The fourth-order valence-corrected chi connectivity index (χ4v) is 3.49. The van der Waals surface area contributed by atoms with Gasteiger partial charge in [-0.1, -0.05) is 6.07 Å². The largest absolute Gasteiger partial charge is 0.496 e. The highest BCUT2D eigenvalue weighted by Crippen LogP contribution is 2.44. The Balaban J connectivity index is 2.19. The zero-order valence-electron chi connectivity index (χ0n) is 15.7. The molecule has 0 heterocycles. The van der Waals surface area contributed by atoms with E-state index in [4.69, 9.17) is 9.47 Å². The number of methoxy groups -OCH3 is 2. The average Bonchev–Trinajstić information content (AvgIpc) is 2.87. The third-order valence-electron chi connectivity index (χ3n) is 4.87. The number of hydrogen-bond acceptors (Lipinski definition) is 3. The molecule has 27 heavy (non-hydrogen) atoms. The molecule has 0 atom stereocenters. The second-order valence-electron chi connectivity index (χ2n) is 6.47. The minimum atomic E-state index is -0.945. The molecule has 0 aliphatic heterocycles. The summed E-state index contributed by atoms with van der Waals surface area (Å²) >= 11 is 0. The molecule has 0 aromatic heterocycles. The minimum absolute atomic E-state index is 0.153. The van der Waals surface area contributed by atoms with Gasteiger partial charge in [-0.2, -0.15) is 0 Å². The maximum Gasteiger partial charge on any atom is 0.307 e. The van der Waals surface area contributed by atoms with Crippen molar-refractivity contribution in [2.24, 2.45) is 0 Å². The highest BCUT2D eigenvalue weighted by atomic mass is 19.1. The molecule has 0 unspecified atom stereocenters. The third-order valence-corrected chi connectivity index (χ3v) is 4.87. The summed E-state index contributed by atoms with van der Waals surface area (Å²) in [6.07, 6.45) is 1.80. The van der Waals surface area contributed by atoms with Crippen LogP contribution in [0.3, 0.4) is 0 Å². The summed E-state index contributed by atoms with van der Waals surface area (Å²) in [7, 11) is 3.20. The number of benzene rings is 2. The van der Waals surface area contributed by atoms with Crippen molar-refractivity contribution >= 4 is 23.2 Å². The van der Waals surface area contributed by atoms with E-state index in [2.05, 4.69) is 0 Å². The SMILES string of the molecule is COc1cc(C=C2C(C)=C(CC(=O)O)c3cc(F)ccc32)cc(OC)c1C. The third kappa shape index (κ3) is 3.45. The lowest BCUT2D eigenvalue weighted by Gasteiger charge is -2.12. The van der Waals surface area contributed by atoms with Crippen LogP contribution in [0.1, 0.15) is 35.6 Å². The molecule has 140 valence electrons. The number of hydrogen-bond donors (Lipinski definition) is 1. The molecule has 2 aromatic carbocycles. The number of carbonyl (C=O) groups is 1. The number of allylic oxidation sites excluding steroid dienone is 2. The lowest BCUT2D eigenvalue weighted by atomic mass is 9.99. The molecule has 0 spiro atoms. The number of halogens is 1. The molecule has 0 fully saturated rings. The number of rotatable bonds is 5. The monoisotopic (exact) mass is 368 g/mol. The van der Waals surface area contributed by atoms with Gasteiger partial charge in [0.1, 0.15) is 17.3 Å². The van der Waals surface area contributed by atoms with Crippen molar-refractivity contribution in [3.8, 4) is 11.5 Å². The van der Waals surface area contributed by atoms with E-state index < -0.39 is 5.97 Å². The normalized spacial score (nSPS) is 14.5. The zero-order chi connectivity index (χ0) is 19.7. The van der Waals surface area contributed by atoms with E-state index >= 15 is 0 Å². The highest BCUT2D eigenvalue weighted by Gasteiger charge is 2.25. The fraction of sp³-hybridized carbons (Fsp3) is 0.227. The number of fused-ring (bicyclic) bond motifs is 1. The summed E-state index contributed by atoms with van der Waals surface area (Å²) in [6, 6.07) is 8.28. The molecule has 1 N–H and O–H groups in total. The summed E-state index contributed by atoms with van der Waals surface area (Å²) in [5.41, 5.74) is 5.54. The molecule has 0 saturated heterocycles. The lowest BCUT2D eigenvalue weighted by Crippen LogP contribution is -1.97. The van der Waals surface area contributed by atoms with Crippen LogP contribution in [-0.2, 0) is 4.79 Å². The van der Waals surface area contributed by atoms with Gasteiger partial charge < -0.3 is 14.6 Å². The topological polar surface area (TPSA) is 55.8 Å². The molecule has 0 amide bonds. The van der Waals surface area contributed by atoms with Crippen molar-refractivity contribution in [2.45, 2.75) is 20.3 Å². The molecule has 5 heteroatoms. The molecule has 2 aromatic rings. The quantitative estimate of drug-likeness (QED) is 0.811. The van der Waals surface area contributed by atoms with Gasteiger partial charge in [-0.25, -0.2) is 4.39 Å². The van der Waals surface area contributed by atoms with Gasteiger partial charge in [-0.15, -0.1) is 0 Å². The van der Waals surface area contributed by atoms with Gasteiger partial charge in [0.15, 0.2) is 0 Å². The predicted octanol–water partition coefficient (Wildman–Crippen LogP) is 4.95. The standard InChI is InChI=1S/C22H21FO4/c1-12-17(7-14-8-20(26-3)13(2)21(9-14)27-4)16-6-5-15(23)10-19(16)18(12)11-22(24)25/h5-10H,11H2,1-4H3,(H,24,25). The summed E-state index contributed by atoms with van der Waals surface area (Å²) < 4.78 is 24.6. The highest BCUT2D eigenvalue weighted by molar-refractivity contribution is 6.07. The van der Waals surface area contributed by atoms with Crippen molar-refractivity contribution in [1.82, 2.24) is 0 Å². The van der Waals surface area contributed by atoms with Crippen molar-refractivity contribution in [3.05, 3.63) is 64.0 Å². The minimum Gasteiger partial charge on any atom is -0.496 e. The second-order valence-corrected chi connectivity index (χ2v) is 6.47. The van der Waals surface area contributed by atoms with E-state index in [1.54, 1.807) is 20.3 Å². The number of carboxylic acids is 1. The molecule has 0 bridgehead atoms. The van der Waals surface area contributed by atoms with E-state index in [-0.39, 0.29) is 12.2 Å². The first-order valence-corrected chi connectivity index (χ1v) is 8.52. The van der Waals surface area contributed by atoms with Crippen LogP contribution >= 0.6 is 0 Å². The molecule has 0 saturated carbocycles. The Morgan fingerprint density at radius 3 is 2.26 bits per heavy atom. The van der Waals surface area contributed by atoms with E-state index in [9.17, 15) is 14.3 Å². The Bertz CT molecular complexity index is 961. The Morgan fingerprint density at radius 2 is 1.70 bits per heavy atom. The first kappa shape index (κ1) is 18.7. The maximum absolute atomic E-state index is 13.8. The Kier molecular flexibility index (Phi) is 5.04. The molecule has 1 aliphatic carbocycles. The maximum atomic E-state index is 13.8. The first-order valence-electron chi connectivity index (χ1n) is 8.52. The van der Waals surface area contributed by atoms with E-state index in [0.717, 1.165) is 27.8 Å². The summed E-state index contributed by atoms with van der Waals surface area (Å²) in [5.74, 6) is 0.0701. The van der Waals surface area contributed by atoms with Crippen LogP contribution in [0.4, 0.5) is 4.39 Å². The van der Waals surface area contributed by atoms with Crippen molar-refractivity contribution < 1.29 is 23.8 Å². The summed E-state index contributed by atoms with van der Waals surface area (Å²) in [4.78, 5) is 11.3. The molecular weight excluding hydrogens is 347 g/mol. The van der Waals surface area contributed by atoms with Crippen LogP contribution in [0.2, 0.25) is 0 Å². The average molecular weight is 368 g/mol. The van der Waals surface area contributed by atoms with Gasteiger partial charge >= 0.3 is 5.97 Å². The Morgan fingerprint density at radius 1 is 1.07 bits per heavy atom. The second kappa shape index (κ2) is 7.27. The molecular formula is C22H21FO4. The zero-order valence-corrected chi connectivity index (χ0v) is 15.7. The first-order chi connectivity index (χ1) is 12.8. The van der Waals surface area contributed by atoms with Gasteiger partial charge in [0, 0.05) is 5.56 Å². The van der Waals surface area contributed by atoms with Gasteiger partial charge in [0.05, 0.1) is 20.6 Å². The molecule has 1 aliphatic rings. The number of aliphatic carboxylic acids is 1. The van der Waals surface area contributed by atoms with Gasteiger partial charge in [0.25, 0.3) is 0 Å². The molecule has 3 rings (SSSR count). The van der Waals surface area contributed by atoms with E-state index in [1.807, 2.05) is 32.1 Å². The molecule has 0 radical (unpaired) electrons. The summed E-state index contributed by atoms with van der Waals surface area (Å²) in [6.45, 7) is 3.78. The van der Waals surface area contributed by atoms with Gasteiger partial charge in [-0.3, -0.25) is 4.79 Å².